The normalized spacial score (nSPS) is 24.1. The number of ketones is 1. The van der Waals surface area contributed by atoms with E-state index < -0.39 is 0 Å². The quantitative estimate of drug-likeness (QED) is 0.806. The minimum absolute atomic E-state index is 0.0798. The van der Waals surface area contributed by atoms with Crippen molar-refractivity contribution >= 4 is 11.5 Å². The van der Waals surface area contributed by atoms with Gasteiger partial charge in [-0.2, -0.15) is 0 Å². The van der Waals surface area contributed by atoms with Gasteiger partial charge < -0.3 is 15.3 Å². The maximum absolute atomic E-state index is 11.3. The standard InChI is InChI=1S/C15H22N2O2/c1-11-7-16-8-15(10-18)17(9-11)14-5-3-13(4-6-14)12(2)19/h3-6,11,15-16,18H,7-10H2,1-2H3. The first kappa shape index (κ1) is 14.0. The molecule has 1 aromatic rings. The summed E-state index contributed by atoms with van der Waals surface area (Å²) >= 11 is 0. The van der Waals surface area contributed by atoms with Crippen LogP contribution in [0.15, 0.2) is 24.3 Å². The van der Waals surface area contributed by atoms with Crippen molar-refractivity contribution < 1.29 is 9.90 Å². The van der Waals surface area contributed by atoms with Gasteiger partial charge in [0.2, 0.25) is 0 Å². The molecule has 1 aliphatic heterocycles. The van der Waals surface area contributed by atoms with Crippen LogP contribution in [-0.4, -0.2) is 43.2 Å². The van der Waals surface area contributed by atoms with Crippen LogP contribution >= 0.6 is 0 Å². The summed E-state index contributed by atoms with van der Waals surface area (Å²) in [7, 11) is 0. The molecule has 0 amide bonds. The highest BCUT2D eigenvalue weighted by Crippen LogP contribution is 2.21. The number of aliphatic hydroxyl groups excluding tert-OH is 1. The Kier molecular flexibility index (Phi) is 4.56. The molecular weight excluding hydrogens is 240 g/mol. The lowest BCUT2D eigenvalue weighted by Gasteiger charge is -2.31. The maximum Gasteiger partial charge on any atom is 0.159 e. The van der Waals surface area contributed by atoms with Crippen LogP contribution in [0.5, 0.6) is 0 Å². The first-order chi connectivity index (χ1) is 9.11. The van der Waals surface area contributed by atoms with Crippen LogP contribution in [0.4, 0.5) is 5.69 Å². The summed E-state index contributed by atoms with van der Waals surface area (Å²) in [5, 5.41) is 12.9. The number of benzene rings is 1. The number of hydrogen-bond acceptors (Lipinski definition) is 4. The number of carbonyl (C=O) groups is 1. The van der Waals surface area contributed by atoms with E-state index in [0.29, 0.717) is 5.92 Å². The molecule has 4 heteroatoms. The highest BCUT2D eigenvalue weighted by molar-refractivity contribution is 5.94. The fraction of sp³-hybridized carbons (Fsp3) is 0.533. The van der Waals surface area contributed by atoms with Crippen molar-refractivity contribution in [1.29, 1.82) is 0 Å². The van der Waals surface area contributed by atoms with Crippen LogP contribution < -0.4 is 10.2 Å². The lowest BCUT2D eigenvalue weighted by Crippen LogP contribution is -2.42. The van der Waals surface area contributed by atoms with E-state index in [1.54, 1.807) is 6.92 Å². The highest BCUT2D eigenvalue weighted by Gasteiger charge is 2.23. The topological polar surface area (TPSA) is 52.6 Å². The molecule has 2 N–H and O–H groups in total. The minimum Gasteiger partial charge on any atom is -0.394 e. The maximum atomic E-state index is 11.3. The molecule has 0 aliphatic carbocycles. The van der Waals surface area contributed by atoms with Crippen molar-refractivity contribution in [3.05, 3.63) is 29.8 Å². The van der Waals surface area contributed by atoms with Crippen molar-refractivity contribution in [3.8, 4) is 0 Å². The summed E-state index contributed by atoms with van der Waals surface area (Å²) in [6.07, 6.45) is 0. The summed E-state index contributed by atoms with van der Waals surface area (Å²) in [6.45, 7) is 6.58. The highest BCUT2D eigenvalue weighted by atomic mass is 16.3. The van der Waals surface area contributed by atoms with E-state index >= 15 is 0 Å². The molecule has 1 fully saturated rings. The van der Waals surface area contributed by atoms with Gasteiger partial charge in [-0.3, -0.25) is 4.79 Å². The Bertz CT molecular complexity index is 430. The predicted molar refractivity (Wildman–Crippen MR) is 76.7 cm³/mol. The fourth-order valence-corrected chi connectivity index (χ4v) is 2.52. The number of hydrogen-bond donors (Lipinski definition) is 2. The Morgan fingerprint density at radius 2 is 2.05 bits per heavy atom. The predicted octanol–water partition coefficient (Wildman–Crippen LogP) is 1.30. The first-order valence-corrected chi connectivity index (χ1v) is 6.81. The molecule has 2 unspecified atom stereocenters. The number of nitrogens with zero attached hydrogens (tertiary/aromatic N) is 1. The molecule has 4 nitrogen and oxygen atoms in total. The molecule has 0 saturated carbocycles. The van der Waals surface area contributed by atoms with Gasteiger partial charge in [0.25, 0.3) is 0 Å². The smallest absolute Gasteiger partial charge is 0.159 e. The second-order valence-electron chi connectivity index (χ2n) is 5.36. The van der Waals surface area contributed by atoms with Gasteiger partial charge in [0.1, 0.15) is 0 Å². The molecule has 104 valence electrons. The zero-order valence-electron chi connectivity index (χ0n) is 11.6. The van der Waals surface area contributed by atoms with Gasteiger partial charge in [-0.25, -0.2) is 0 Å². The van der Waals surface area contributed by atoms with Crippen LogP contribution in [0.2, 0.25) is 0 Å². The van der Waals surface area contributed by atoms with E-state index in [1.807, 2.05) is 24.3 Å². The zero-order chi connectivity index (χ0) is 13.8. The largest absolute Gasteiger partial charge is 0.394 e. The third-order valence-electron chi connectivity index (χ3n) is 3.64. The van der Waals surface area contributed by atoms with Crippen LogP contribution in [-0.2, 0) is 0 Å². The van der Waals surface area contributed by atoms with Gasteiger partial charge in [0, 0.05) is 24.3 Å². The molecule has 1 aliphatic rings. The Morgan fingerprint density at radius 3 is 2.63 bits per heavy atom. The minimum atomic E-state index is 0.0798. The Hall–Kier alpha value is -1.39. The summed E-state index contributed by atoms with van der Waals surface area (Å²) in [5.74, 6) is 0.611. The first-order valence-electron chi connectivity index (χ1n) is 6.81. The van der Waals surface area contributed by atoms with Gasteiger partial charge in [0.05, 0.1) is 12.6 Å². The molecule has 2 atom stereocenters. The third-order valence-corrected chi connectivity index (χ3v) is 3.64. The number of aliphatic hydroxyl groups is 1. The zero-order valence-corrected chi connectivity index (χ0v) is 11.6. The second-order valence-corrected chi connectivity index (χ2v) is 5.36. The van der Waals surface area contributed by atoms with E-state index in [4.69, 9.17) is 0 Å². The molecule has 0 radical (unpaired) electrons. The number of nitrogens with one attached hydrogen (secondary N) is 1. The number of anilines is 1. The third kappa shape index (κ3) is 3.33. The Morgan fingerprint density at radius 1 is 1.37 bits per heavy atom. The second kappa shape index (κ2) is 6.17. The van der Waals surface area contributed by atoms with Crippen molar-refractivity contribution in [1.82, 2.24) is 5.32 Å². The van der Waals surface area contributed by atoms with Crippen LogP contribution in [0.3, 0.4) is 0 Å². The van der Waals surface area contributed by atoms with Crippen molar-refractivity contribution in [2.45, 2.75) is 19.9 Å². The molecule has 1 heterocycles. The van der Waals surface area contributed by atoms with Crippen LogP contribution in [0.1, 0.15) is 24.2 Å². The lowest BCUT2D eigenvalue weighted by molar-refractivity contribution is 0.101. The van der Waals surface area contributed by atoms with Crippen LogP contribution in [0, 0.1) is 5.92 Å². The van der Waals surface area contributed by atoms with E-state index in [-0.39, 0.29) is 18.4 Å². The number of rotatable bonds is 3. The monoisotopic (exact) mass is 262 g/mol. The average Bonchev–Trinajstić information content (AvgIpc) is 2.60. The number of Topliss-reactive ketones (excluding diaryl/α,β-unsaturated/α-hetero) is 1. The number of carbonyl (C=O) groups excluding carboxylic acids is 1. The SMILES string of the molecule is CC(=O)c1ccc(N2CC(C)CNCC2CO)cc1. The molecule has 1 aromatic carbocycles. The van der Waals surface area contributed by atoms with Crippen LogP contribution in [0.25, 0.3) is 0 Å². The lowest BCUT2D eigenvalue weighted by atomic mass is 10.1. The molecule has 0 spiro atoms. The molecule has 0 aromatic heterocycles. The molecule has 0 bridgehead atoms. The van der Waals surface area contributed by atoms with E-state index in [0.717, 1.165) is 30.9 Å². The van der Waals surface area contributed by atoms with Gasteiger partial charge in [-0.15, -0.1) is 0 Å². The van der Waals surface area contributed by atoms with E-state index in [2.05, 4.69) is 17.1 Å². The van der Waals surface area contributed by atoms with Crippen molar-refractivity contribution in [2.24, 2.45) is 5.92 Å². The van der Waals surface area contributed by atoms with Gasteiger partial charge >= 0.3 is 0 Å². The molecule has 1 saturated heterocycles. The fourth-order valence-electron chi connectivity index (χ4n) is 2.52. The summed E-state index contributed by atoms with van der Waals surface area (Å²) in [4.78, 5) is 13.5. The van der Waals surface area contributed by atoms with Gasteiger partial charge in [-0.1, -0.05) is 6.92 Å². The average molecular weight is 262 g/mol. The van der Waals surface area contributed by atoms with Crippen molar-refractivity contribution in [3.63, 3.8) is 0 Å². The van der Waals surface area contributed by atoms with E-state index in [9.17, 15) is 9.90 Å². The van der Waals surface area contributed by atoms with Crippen molar-refractivity contribution in [2.75, 3.05) is 31.1 Å². The summed E-state index contributed by atoms with van der Waals surface area (Å²) in [5.41, 5.74) is 1.80. The molecular formula is C15H22N2O2. The Labute approximate surface area is 114 Å². The van der Waals surface area contributed by atoms with Gasteiger partial charge in [-0.05, 0) is 43.7 Å². The molecule has 2 rings (SSSR count). The molecule has 19 heavy (non-hydrogen) atoms. The Balaban J connectivity index is 2.22. The summed E-state index contributed by atoms with van der Waals surface area (Å²) in [6, 6.07) is 7.74. The van der Waals surface area contributed by atoms with Gasteiger partial charge in [0.15, 0.2) is 5.78 Å². The summed E-state index contributed by atoms with van der Waals surface area (Å²) < 4.78 is 0. The van der Waals surface area contributed by atoms with E-state index in [1.165, 1.54) is 0 Å².